The van der Waals surface area contributed by atoms with Crippen molar-refractivity contribution in [2.24, 2.45) is 0 Å². The van der Waals surface area contributed by atoms with Gasteiger partial charge in [-0.2, -0.15) is 0 Å². The average Bonchev–Trinajstić information content (AvgIpc) is 3.13. The molecule has 1 atom stereocenters. The summed E-state index contributed by atoms with van der Waals surface area (Å²) < 4.78 is 5.58. The van der Waals surface area contributed by atoms with Crippen LogP contribution in [0, 0.1) is 0 Å². The maximum Gasteiger partial charge on any atom is 0.354 e. The summed E-state index contributed by atoms with van der Waals surface area (Å²) in [6, 6.07) is 0. The van der Waals surface area contributed by atoms with E-state index in [0.717, 1.165) is 12.8 Å². The quantitative estimate of drug-likeness (QED) is 0.751. The van der Waals surface area contributed by atoms with E-state index in [1.807, 2.05) is 19.0 Å². The van der Waals surface area contributed by atoms with Crippen molar-refractivity contribution in [1.29, 1.82) is 0 Å². The number of likely N-dealkylation sites (N-methyl/N-ethyl adjacent to an activating group) is 1. The maximum atomic E-state index is 12.6. The third-order valence-electron chi connectivity index (χ3n) is 3.61. The third-order valence-corrected chi connectivity index (χ3v) is 3.61. The molecule has 22 heavy (non-hydrogen) atoms. The van der Waals surface area contributed by atoms with Gasteiger partial charge in [0.2, 0.25) is 0 Å². The Morgan fingerprint density at radius 1 is 1.45 bits per heavy atom. The van der Waals surface area contributed by atoms with Gasteiger partial charge in [-0.25, -0.2) is 9.78 Å². The molecule has 0 aliphatic carbocycles. The molecule has 1 aliphatic heterocycles. The lowest BCUT2D eigenvalue weighted by Gasteiger charge is -2.26. The number of nitrogens with one attached hydrogen (secondary N) is 1. The van der Waals surface area contributed by atoms with Crippen LogP contribution < -0.4 is 0 Å². The molecule has 2 heterocycles. The zero-order chi connectivity index (χ0) is 16.1. The van der Waals surface area contributed by atoms with Crippen molar-refractivity contribution in [1.82, 2.24) is 19.8 Å². The van der Waals surface area contributed by atoms with Crippen LogP contribution in [0.25, 0.3) is 0 Å². The summed E-state index contributed by atoms with van der Waals surface area (Å²) in [6.07, 6.45) is 3.15. The first-order valence-electron chi connectivity index (χ1n) is 7.31. The van der Waals surface area contributed by atoms with E-state index < -0.39 is 5.97 Å². The van der Waals surface area contributed by atoms with Gasteiger partial charge in [0.15, 0.2) is 11.4 Å². The van der Waals surface area contributed by atoms with Crippen LogP contribution in [-0.4, -0.2) is 83.2 Å². The SMILES string of the molecule is CN(C)CCN(C[C@H]1CCCO1)C(=O)c1nc[nH]c1C(=O)O. The number of hydrogen-bond donors (Lipinski definition) is 2. The molecule has 2 N–H and O–H groups in total. The molecule has 1 aromatic heterocycles. The summed E-state index contributed by atoms with van der Waals surface area (Å²) in [5.41, 5.74) is -0.226. The number of aromatic nitrogens is 2. The Morgan fingerprint density at radius 2 is 2.23 bits per heavy atom. The molecule has 0 aromatic carbocycles. The summed E-state index contributed by atoms with van der Waals surface area (Å²) in [4.78, 5) is 33.8. The molecule has 0 radical (unpaired) electrons. The molecule has 1 amide bonds. The van der Waals surface area contributed by atoms with Gasteiger partial charge in [-0.05, 0) is 26.9 Å². The van der Waals surface area contributed by atoms with E-state index in [1.165, 1.54) is 6.33 Å². The highest BCUT2D eigenvalue weighted by atomic mass is 16.5. The number of carboxylic acid groups (broad SMARTS) is 1. The van der Waals surface area contributed by atoms with Crippen LogP contribution in [0.1, 0.15) is 33.8 Å². The summed E-state index contributed by atoms with van der Waals surface area (Å²) >= 11 is 0. The van der Waals surface area contributed by atoms with Gasteiger partial charge in [0.1, 0.15) is 0 Å². The van der Waals surface area contributed by atoms with Crippen LogP contribution in [0.15, 0.2) is 6.33 Å². The van der Waals surface area contributed by atoms with Crippen molar-refractivity contribution >= 4 is 11.9 Å². The number of rotatable bonds is 7. The van der Waals surface area contributed by atoms with Crippen molar-refractivity contribution in [3.05, 3.63) is 17.7 Å². The normalized spacial score (nSPS) is 17.9. The Morgan fingerprint density at radius 3 is 2.82 bits per heavy atom. The number of amides is 1. The van der Waals surface area contributed by atoms with E-state index >= 15 is 0 Å². The summed E-state index contributed by atoms with van der Waals surface area (Å²) in [5, 5.41) is 9.11. The minimum absolute atomic E-state index is 0.0123. The number of hydrogen-bond acceptors (Lipinski definition) is 5. The second-order valence-corrected chi connectivity index (χ2v) is 5.62. The monoisotopic (exact) mass is 310 g/mol. The second-order valence-electron chi connectivity index (χ2n) is 5.62. The first-order valence-corrected chi connectivity index (χ1v) is 7.31. The highest BCUT2D eigenvalue weighted by Gasteiger charge is 2.28. The zero-order valence-electron chi connectivity index (χ0n) is 12.9. The maximum absolute atomic E-state index is 12.6. The minimum atomic E-state index is -1.19. The van der Waals surface area contributed by atoms with Gasteiger partial charge in [-0.1, -0.05) is 0 Å². The summed E-state index contributed by atoms with van der Waals surface area (Å²) in [5.74, 6) is -1.57. The van der Waals surface area contributed by atoms with Crippen LogP contribution in [0.2, 0.25) is 0 Å². The van der Waals surface area contributed by atoms with Crippen molar-refractivity contribution in [2.75, 3.05) is 40.3 Å². The molecule has 122 valence electrons. The number of carbonyl (C=O) groups is 2. The van der Waals surface area contributed by atoms with Gasteiger partial charge in [-0.15, -0.1) is 0 Å². The molecule has 1 aliphatic rings. The molecule has 0 bridgehead atoms. The number of H-pyrrole nitrogens is 1. The molecule has 1 fully saturated rings. The summed E-state index contributed by atoms with van der Waals surface area (Å²) in [7, 11) is 3.85. The van der Waals surface area contributed by atoms with Crippen molar-refractivity contribution in [3.63, 3.8) is 0 Å². The average molecular weight is 310 g/mol. The van der Waals surface area contributed by atoms with E-state index in [4.69, 9.17) is 9.84 Å². The Labute approximate surface area is 129 Å². The predicted molar refractivity (Wildman–Crippen MR) is 79.0 cm³/mol. The van der Waals surface area contributed by atoms with Gasteiger partial charge in [0, 0.05) is 26.2 Å². The van der Waals surface area contributed by atoms with Crippen molar-refractivity contribution in [2.45, 2.75) is 18.9 Å². The smallest absolute Gasteiger partial charge is 0.354 e. The van der Waals surface area contributed by atoms with E-state index in [9.17, 15) is 9.59 Å². The number of aromatic carboxylic acids is 1. The van der Waals surface area contributed by atoms with Crippen LogP contribution in [0.4, 0.5) is 0 Å². The van der Waals surface area contributed by atoms with Crippen LogP contribution in [0.3, 0.4) is 0 Å². The Bertz CT molecular complexity index is 523. The number of nitrogens with zero attached hydrogens (tertiary/aromatic N) is 3. The molecule has 0 unspecified atom stereocenters. The van der Waals surface area contributed by atoms with Gasteiger partial charge in [0.05, 0.1) is 12.4 Å². The number of aromatic amines is 1. The van der Waals surface area contributed by atoms with E-state index in [-0.39, 0.29) is 23.4 Å². The first-order chi connectivity index (χ1) is 10.5. The van der Waals surface area contributed by atoms with Crippen LogP contribution >= 0.6 is 0 Å². The number of carbonyl (C=O) groups excluding carboxylic acids is 1. The molecule has 1 saturated heterocycles. The van der Waals surface area contributed by atoms with Gasteiger partial charge in [0.25, 0.3) is 5.91 Å². The number of carboxylic acids is 1. The van der Waals surface area contributed by atoms with E-state index in [1.54, 1.807) is 4.90 Å². The molecule has 0 saturated carbocycles. The van der Waals surface area contributed by atoms with Gasteiger partial charge in [-0.3, -0.25) is 4.79 Å². The highest BCUT2D eigenvalue weighted by molar-refractivity contribution is 6.02. The topological polar surface area (TPSA) is 98.8 Å². The van der Waals surface area contributed by atoms with E-state index in [0.29, 0.717) is 26.2 Å². The second kappa shape index (κ2) is 7.37. The molecule has 0 spiro atoms. The minimum Gasteiger partial charge on any atom is -0.477 e. The molecule has 8 heteroatoms. The highest BCUT2D eigenvalue weighted by Crippen LogP contribution is 2.15. The fourth-order valence-electron chi connectivity index (χ4n) is 2.40. The largest absolute Gasteiger partial charge is 0.477 e. The fraction of sp³-hybridized carbons (Fsp3) is 0.643. The lowest BCUT2D eigenvalue weighted by atomic mass is 10.2. The Hall–Kier alpha value is -1.93. The summed E-state index contributed by atoms with van der Waals surface area (Å²) in [6.45, 7) is 2.35. The molecular formula is C14H22N4O4. The number of ether oxygens (including phenoxy) is 1. The lowest BCUT2D eigenvalue weighted by Crippen LogP contribution is -2.41. The molecule has 1 aromatic rings. The molecular weight excluding hydrogens is 288 g/mol. The first kappa shape index (κ1) is 16.4. The molecule has 8 nitrogen and oxygen atoms in total. The fourth-order valence-corrected chi connectivity index (χ4v) is 2.40. The van der Waals surface area contributed by atoms with Crippen LogP contribution in [0.5, 0.6) is 0 Å². The van der Waals surface area contributed by atoms with Crippen molar-refractivity contribution < 1.29 is 19.4 Å². The molecule has 2 rings (SSSR count). The third kappa shape index (κ3) is 4.05. The Kier molecular flexibility index (Phi) is 5.51. The van der Waals surface area contributed by atoms with E-state index in [2.05, 4.69) is 9.97 Å². The predicted octanol–water partition coefficient (Wildman–Crippen LogP) is 0.291. The lowest BCUT2D eigenvalue weighted by molar-refractivity contribution is 0.0502. The van der Waals surface area contributed by atoms with Gasteiger partial charge < -0.3 is 24.6 Å². The Balaban J connectivity index is 2.12. The van der Waals surface area contributed by atoms with Gasteiger partial charge >= 0.3 is 5.97 Å². The zero-order valence-corrected chi connectivity index (χ0v) is 12.9. The number of imidazole rings is 1. The van der Waals surface area contributed by atoms with Crippen molar-refractivity contribution in [3.8, 4) is 0 Å². The standard InChI is InChI=1S/C14H22N4O4/c1-17(2)5-6-18(8-10-4-3-7-22-10)13(19)11-12(14(20)21)16-9-15-11/h9-10H,3-8H2,1-2H3,(H,15,16)(H,20,21)/t10-/m1/s1. The van der Waals surface area contributed by atoms with Crippen LogP contribution in [-0.2, 0) is 4.74 Å².